The molecule has 0 amide bonds. The summed E-state index contributed by atoms with van der Waals surface area (Å²) in [6.07, 6.45) is 4.12. The van der Waals surface area contributed by atoms with E-state index in [2.05, 4.69) is 67.1 Å². The van der Waals surface area contributed by atoms with Gasteiger partial charge in [-0.2, -0.15) is 0 Å². The minimum absolute atomic E-state index is 0.437. The fourth-order valence-electron chi connectivity index (χ4n) is 4.37. The average Bonchev–Trinajstić information content (AvgIpc) is 2.68. The molecule has 2 aliphatic rings. The zero-order chi connectivity index (χ0) is 13.8. The fraction of sp³-hybridized carbons (Fsp3) is 0.647. The third-order valence-electron chi connectivity index (χ3n) is 6.39. The Morgan fingerprint density at radius 3 is 2.58 bits per heavy atom. The molecule has 3 rings (SSSR count). The van der Waals surface area contributed by atoms with Crippen molar-refractivity contribution in [3.8, 4) is 0 Å². The highest BCUT2D eigenvalue weighted by Crippen LogP contribution is 2.65. The maximum atomic E-state index is 3.85. The highest BCUT2D eigenvalue weighted by molar-refractivity contribution is 9.10. The molecule has 3 atom stereocenters. The lowest BCUT2D eigenvalue weighted by molar-refractivity contribution is 0.142. The number of hydrogen-bond donors (Lipinski definition) is 1. The first kappa shape index (κ1) is 13.5. The number of anilines is 1. The zero-order valence-electron chi connectivity index (χ0n) is 12.4. The van der Waals surface area contributed by atoms with Gasteiger partial charge < -0.3 is 5.32 Å². The van der Waals surface area contributed by atoms with Crippen LogP contribution in [0.1, 0.15) is 45.6 Å². The Labute approximate surface area is 125 Å². The van der Waals surface area contributed by atoms with Crippen molar-refractivity contribution in [2.75, 3.05) is 5.32 Å². The maximum absolute atomic E-state index is 3.85. The quantitative estimate of drug-likeness (QED) is 0.770. The van der Waals surface area contributed by atoms with Crippen molar-refractivity contribution < 1.29 is 0 Å². The first-order valence-corrected chi connectivity index (χ1v) is 8.17. The van der Waals surface area contributed by atoms with E-state index < -0.39 is 0 Å². The van der Waals surface area contributed by atoms with E-state index in [4.69, 9.17) is 0 Å². The lowest BCUT2D eigenvalue weighted by Crippen LogP contribution is -2.40. The van der Waals surface area contributed by atoms with E-state index in [9.17, 15) is 0 Å². The van der Waals surface area contributed by atoms with Crippen LogP contribution in [0.5, 0.6) is 0 Å². The molecule has 0 aliphatic heterocycles. The number of halogens is 1. The van der Waals surface area contributed by atoms with Crippen molar-refractivity contribution in [1.29, 1.82) is 0 Å². The largest absolute Gasteiger partial charge is 0.381 e. The molecule has 0 saturated heterocycles. The minimum atomic E-state index is 0.437. The second-order valence-electron chi connectivity index (χ2n) is 7.22. The van der Waals surface area contributed by atoms with Gasteiger partial charge in [0.05, 0.1) is 0 Å². The summed E-state index contributed by atoms with van der Waals surface area (Å²) in [5, 5.41) is 3.85. The molecule has 2 fully saturated rings. The predicted molar refractivity (Wildman–Crippen MR) is 85.5 cm³/mol. The molecule has 2 aliphatic carbocycles. The van der Waals surface area contributed by atoms with Gasteiger partial charge in [0.2, 0.25) is 0 Å². The lowest BCUT2D eigenvalue weighted by atomic mass is 9.69. The van der Waals surface area contributed by atoms with Gasteiger partial charge in [-0.3, -0.25) is 0 Å². The highest BCUT2D eigenvalue weighted by atomic mass is 79.9. The van der Waals surface area contributed by atoms with Crippen molar-refractivity contribution in [3.63, 3.8) is 0 Å². The van der Waals surface area contributed by atoms with Crippen LogP contribution in [-0.2, 0) is 0 Å². The molecular weight excluding hydrogens is 298 g/mol. The average molecular weight is 322 g/mol. The molecule has 0 heterocycles. The van der Waals surface area contributed by atoms with Gasteiger partial charge in [-0.05, 0) is 60.6 Å². The van der Waals surface area contributed by atoms with E-state index in [1.807, 2.05) is 0 Å². The van der Waals surface area contributed by atoms with E-state index >= 15 is 0 Å². The molecule has 3 unspecified atom stereocenters. The first-order chi connectivity index (χ1) is 8.86. The molecule has 0 spiro atoms. The fourth-order valence-corrected chi connectivity index (χ4v) is 4.74. The Bertz CT molecular complexity index is 508. The van der Waals surface area contributed by atoms with E-state index in [-0.39, 0.29) is 0 Å². The molecule has 0 aromatic heterocycles. The third kappa shape index (κ3) is 1.79. The Hall–Kier alpha value is -0.500. The normalized spacial score (nSPS) is 35.6. The van der Waals surface area contributed by atoms with Crippen LogP contribution < -0.4 is 5.32 Å². The number of hydrogen-bond acceptors (Lipinski definition) is 1. The molecule has 0 radical (unpaired) electrons. The van der Waals surface area contributed by atoms with Crippen molar-refractivity contribution in [2.24, 2.45) is 16.7 Å². The van der Waals surface area contributed by atoms with Crippen LogP contribution in [0.15, 0.2) is 22.7 Å². The molecule has 1 aromatic carbocycles. The van der Waals surface area contributed by atoms with Gasteiger partial charge in [0.15, 0.2) is 0 Å². The monoisotopic (exact) mass is 321 g/mol. The lowest BCUT2D eigenvalue weighted by Gasteiger charge is -2.40. The summed E-state index contributed by atoms with van der Waals surface area (Å²) in [6, 6.07) is 7.07. The van der Waals surface area contributed by atoms with Crippen LogP contribution >= 0.6 is 15.9 Å². The van der Waals surface area contributed by atoms with Crippen LogP contribution in [-0.4, -0.2) is 6.04 Å². The number of nitrogens with one attached hydrogen (secondary N) is 1. The molecule has 2 bridgehead atoms. The summed E-state index contributed by atoms with van der Waals surface area (Å²) >= 11 is 3.63. The predicted octanol–water partition coefficient (Wildman–Crippen LogP) is 5.38. The highest BCUT2D eigenvalue weighted by Gasteiger charge is 2.61. The van der Waals surface area contributed by atoms with Gasteiger partial charge in [0, 0.05) is 16.2 Å². The second kappa shape index (κ2) is 4.25. The van der Waals surface area contributed by atoms with Crippen molar-refractivity contribution >= 4 is 21.6 Å². The Kier molecular flexibility index (Phi) is 3.01. The van der Waals surface area contributed by atoms with Gasteiger partial charge in [0.25, 0.3) is 0 Å². The molecule has 1 aromatic rings. The summed E-state index contributed by atoms with van der Waals surface area (Å²) < 4.78 is 1.20. The van der Waals surface area contributed by atoms with Crippen LogP contribution in [0.2, 0.25) is 0 Å². The summed E-state index contributed by atoms with van der Waals surface area (Å²) in [6.45, 7) is 9.62. The molecule has 1 N–H and O–H groups in total. The van der Waals surface area contributed by atoms with Crippen LogP contribution in [0.3, 0.4) is 0 Å². The van der Waals surface area contributed by atoms with Crippen LogP contribution in [0, 0.1) is 23.7 Å². The second-order valence-corrected chi connectivity index (χ2v) is 8.07. The standard InChI is InChI=1S/C17H24BrN/c1-11-13(18)6-5-7-14(11)19-15-10-12-8-9-17(15,4)16(12,2)3/h5-7,12,15,19H,8-10H2,1-4H3. The molecule has 2 heteroatoms. The minimum Gasteiger partial charge on any atom is -0.381 e. The number of rotatable bonds is 2. The van der Waals surface area contributed by atoms with Crippen LogP contribution in [0.4, 0.5) is 5.69 Å². The van der Waals surface area contributed by atoms with Gasteiger partial charge in [-0.15, -0.1) is 0 Å². The van der Waals surface area contributed by atoms with E-state index in [1.54, 1.807) is 0 Å². The van der Waals surface area contributed by atoms with Crippen LogP contribution in [0.25, 0.3) is 0 Å². The maximum Gasteiger partial charge on any atom is 0.0383 e. The smallest absolute Gasteiger partial charge is 0.0383 e. The summed E-state index contributed by atoms with van der Waals surface area (Å²) in [5.41, 5.74) is 3.53. The SMILES string of the molecule is Cc1c(Br)cccc1NC1CC2CCC1(C)C2(C)C. The zero-order valence-corrected chi connectivity index (χ0v) is 14.0. The van der Waals surface area contributed by atoms with Crippen molar-refractivity contribution in [2.45, 2.75) is 53.0 Å². The van der Waals surface area contributed by atoms with Crippen molar-refractivity contribution in [1.82, 2.24) is 0 Å². The Balaban J connectivity index is 1.88. The van der Waals surface area contributed by atoms with E-state index in [1.165, 1.54) is 35.0 Å². The third-order valence-corrected chi connectivity index (χ3v) is 7.25. The van der Waals surface area contributed by atoms with Gasteiger partial charge in [-0.1, -0.05) is 42.8 Å². The number of benzene rings is 1. The topological polar surface area (TPSA) is 12.0 Å². The first-order valence-electron chi connectivity index (χ1n) is 7.38. The summed E-state index contributed by atoms with van der Waals surface area (Å²) in [7, 11) is 0. The summed E-state index contributed by atoms with van der Waals surface area (Å²) in [5.74, 6) is 0.891. The Morgan fingerprint density at radius 1 is 1.26 bits per heavy atom. The van der Waals surface area contributed by atoms with Gasteiger partial charge in [0.1, 0.15) is 0 Å². The van der Waals surface area contributed by atoms with E-state index in [0.717, 1.165) is 5.92 Å². The number of fused-ring (bicyclic) bond motifs is 2. The van der Waals surface area contributed by atoms with Crippen molar-refractivity contribution in [3.05, 3.63) is 28.2 Å². The molecule has 2 saturated carbocycles. The Morgan fingerprint density at radius 2 is 2.00 bits per heavy atom. The molecular formula is C17H24BrN. The van der Waals surface area contributed by atoms with Gasteiger partial charge >= 0.3 is 0 Å². The summed E-state index contributed by atoms with van der Waals surface area (Å²) in [4.78, 5) is 0. The molecule has 19 heavy (non-hydrogen) atoms. The van der Waals surface area contributed by atoms with E-state index in [0.29, 0.717) is 16.9 Å². The molecule has 104 valence electrons. The van der Waals surface area contributed by atoms with Gasteiger partial charge in [-0.25, -0.2) is 0 Å². The molecule has 1 nitrogen and oxygen atoms in total.